The molecule has 0 unspecified atom stereocenters. The molecule has 6 N–H and O–H groups in total. The van der Waals surface area contributed by atoms with Crippen LogP contribution >= 0.6 is 0 Å². The van der Waals surface area contributed by atoms with Crippen molar-refractivity contribution < 1.29 is 34.7 Å². The second-order valence-electron chi connectivity index (χ2n) is 5.46. The molecule has 3 rings (SSSR count). The van der Waals surface area contributed by atoms with Gasteiger partial charge in [0, 0.05) is 6.20 Å². The van der Waals surface area contributed by atoms with Crippen LogP contribution in [0.15, 0.2) is 24.4 Å². The van der Waals surface area contributed by atoms with E-state index in [9.17, 15) is 25.2 Å². The summed E-state index contributed by atoms with van der Waals surface area (Å²) in [7, 11) is 0. The van der Waals surface area contributed by atoms with E-state index in [-0.39, 0.29) is 0 Å². The van der Waals surface area contributed by atoms with Crippen LogP contribution in [-0.2, 0) is 9.53 Å². The summed E-state index contributed by atoms with van der Waals surface area (Å²) in [6.07, 6.45) is -4.76. The zero-order valence-corrected chi connectivity index (χ0v) is 12.5. The van der Waals surface area contributed by atoms with Crippen molar-refractivity contribution in [3.05, 3.63) is 24.4 Å². The molecule has 0 bridgehead atoms. The van der Waals surface area contributed by atoms with Gasteiger partial charge in [0.1, 0.15) is 30.2 Å². The highest BCUT2D eigenvalue weighted by Crippen LogP contribution is 2.34. The molecule has 0 aliphatic carbocycles. The normalized spacial score (nSPS) is 30.2. The Labute approximate surface area is 136 Å². The number of hydrogen-bond donors (Lipinski definition) is 6. The molecule has 2 aromatic rings. The van der Waals surface area contributed by atoms with E-state index in [4.69, 9.17) is 9.47 Å². The third kappa shape index (κ3) is 2.83. The number of rotatable bonds is 5. The molecular formula is C15H18N2O7. The highest BCUT2D eigenvalue weighted by Gasteiger charge is 2.44. The molecule has 1 aromatic heterocycles. The van der Waals surface area contributed by atoms with E-state index in [1.807, 2.05) is 0 Å². The minimum atomic E-state index is -1.53. The fourth-order valence-corrected chi connectivity index (χ4v) is 2.72. The van der Waals surface area contributed by atoms with Crippen molar-refractivity contribution in [3.8, 4) is 5.75 Å². The Morgan fingerprint density at radius 3 is 2.75 bits per heavy atom. The molecule has 9 nitrogen and oxygen atoms in total. The third-order valence-electron chi connectivity index (χ3n) is 3.97. The Morgan fingerprint density at radius 1 is 1.25 bits per heavy atom. The number of ether oxygens (including phenoxy) is 2. The fourth-order valence-electron chi connectivity index (χ4n) is 2.72. The summed E-state index contributed by atoms with van der Waals surface area (Å²) in [4.78, 5) is 13.7. The molecule has 2 heterocycles. The molecular weight excluding hydrogens is 320 g/mol. The van der Waals surface area contributed by atoms with Gasteiger partial charge in [0.05, 0.1) is 23.2 Å². The molecule has 1 saturated heterocycles. The predicted octanol–water partition coefficient (Wildman–Crippen LogP) is -1.09. The van der Waals surface area contributed by atoms with Crippen LogP contribution in [0.5, 0.6) is 5.75 Å². The van der Waals surface area contributed by atoms with Crippen LogP contribution in [-0.4, -0.2) is 69.1 Å². The molecule has 130 valence electrons. The summed E-state index contributed by atoms with van der Waals surface area (Å²) < 4.78 is 11.0. The van der Waals surface area contributed by atoms with Crippen LogP contribution in [0.4, 0.5) is 5.69 Å². The first-order valence-corrected chi connectivity index (χ1v) is 7.34. The molecule has 0 saturated carbocycles. The Bertz CT molecular complexity index is 717. The monoisotopic (exact) mass is 338 g/mol. The Balaban J connectivity index is 1.91. The number of carbonyl (C=O) groups excluding carboxylic acids is 1. The van der Waals surface area contributed by atoms with Gasteiger partial charge in [-0.2, -0.15) is 0 Å². The van der Waals surface area contributed by atoms with Crippen LogP contribution in [0.25, 0.3) is 10.9 Å². The molecule has 9 heteroatoms. The van der Waals surface area contributed by atoms with Crippen LogP contribution in [0.1, 0.15) is 0 Å². The maximum Gasteiger partial charge on any atom is 0.229 e. The van der Waals surface area contributed by atoms with Crippen molar-refractivity contribution in [3.63, 3.8) is 0 Å². The Hall–Kier alpha value is -2.17. The summed E-state index contributed by atoms with van der Waals surface area (Å²) >= 11 is 0. The fraction of sp³-hybridized carbons (Fsp3) is 0.400. The summed E-state index contributed by atoms with van der Waals surface area (Å²) in [5, 5.41) is 42.0. The summed E-state index contributed by atoms with van der Waals surface area (Å²) in [6.45, 7) is -0.545. The van der Waals surface area contributed by atoms with Crippen molar-refractivity contribution in [1.29, 1.82) is 0 Å². The van der Waals surface area contributed by atoms with Gasteiger partial charge in [-0.05, 0) is 12.1 Å². The minimum Gasteiger partial charge on any atom is -0.461 e. The molecule has 1 aromatic carbocycles. The number of fused-ring (bicyclic) bond motifs is 1. The lowest BCUT2D eigenvalue weighted by atomic mass is 9.99. The number of benzene rings is 1. The van der Waals surface area contributed by atoms with Gasteiger partial charge in [-0.3, -0.25) is 4.79 Å². The zero-order chi connectivity index (χ0) is 17.3. The standard InChI is InChI=1S/C15H18N2O7/c18-5-10-12(20)13(21)14(22)15(24-10)23-9-3-1-2-7-11(9)8(4-16-7)17-6-19/h1-4,6,10,12-16,18,20-22H,5H2,(H,17,19)/t10-,12-,13+,14-,15-/m1/s1. The average Bonchev–Trinajstić information content (AvgIpc) is 3.00. The third-order valence-corrected chi connectivity index (χ3v) is 3.97. The summed E-state index contributed by atoms with van der Waals surface area (Å²) in [5.41, 5.74) is 1.15. The number of H-pyrrole nitrogens is 1. The maximum atomic E-state index is 10.7. The van der Waals surface area contributed by atoms with E-state index in [2.05, 4.69) is 10.3 Å². The van der Waals surface area contributed by atoms with Crippen molar-refractivity contribution >= 4 is 23.0 Å². The van der Waals surface area contributed by atoms with E-state index in [0.717, 1.165) is 0 Å². The number of aromatic nitrogens is 1. The quantitative estimate of drug-likeness (QED) is 0.380. The molecule has 5 atom stereocenters. The van der Waals surface area contributed by atoms with Gasteiger partial charge in [0.15, 0.2) is 0 Å². The highest BCUT2D eigenvalue weighted by molar-refractivity contribution is 6.00. The van der Waals surface area contributed by atoms with Crippen molar-refractivity contribution in [2.75, 3.05) is 11.9 Å². The minimum absolute atomic E-state index is 0.294. The topological polar surface area (TPSA) is 144 Å². The van der Waals surface area contributed by atoms with Gasteiger partial charge in [-0.15, -0.1) is 0 Å². The van der Waals surface area contributed by atoms with Crippen LogP contribution in [0.3, 0.4) is 0 Å². The van der Waals surface area contributed by atoms with Crippen molar-refractivity contribution in [2.45, 2.75) is 30.7 Å². The highest BCUT2D eigenvalue weighted by atomic mass is 16.7. The lowest BCUT2D eigenvalue weighted by molar-refractivity contribution is -0.277. The summed E-state index contributed by atoms with van der Waals surface area (Å²) in [5.74, 6) is 0.294. The molecule has 0 radical (unpaired) electrons. The van der Waals surface area contributed by atoms with Gasteiger partial charge >= 0.3 is 0 Å². The van der Waals surface area contributed by atoms with Crippen molar-refractivity contribution in [2.24, 2.45) is 0 Å². The molecule has 24 heavy (non-hydrogen) atoms. The number of aliphatic hydroxyl groups excluding tert-OH is 4. The number of amides is 1. The smallest absolute Gasteiger partial charge is 0.229 e. The first-order valence-electron chi connectivity index (χ1n) is 7.34. The molecule has 0 spiro atoms. The maximum absolute atomic E-state index is 10.7. The number of aromatic amines is 1. The number of nitrogens with one attached hydrogen (secondary N) is 2. The molecule has 1 amide bonds. The number of hydrogen-bond acceptors (Lipinski definition) is 7. The van der Waals surface area contributed by atoms with Crippen LogP contribution < -0.4 is 10.1 Å². The second kappa shape index (κ2) is 6.75. The number of anilines is 1. The summed E-state index contributed by atoms with van der Waals surface area (Å²) in [6, 6.07) is 5.07. The lowest BCUT2D eigenvalue weighted by Crippen LogP contribution is -2.60. The Morgan fingerprint density at radius 2 is 2.04 bits per heavy atom. The van der Waals surface area contributed by atoms with E-state index < -0.39 is 37.3 Å². The first kappa shape index (κ1) is 16.7. The van der Waals surface area contributed by atoms with Gasteiger partial charge in [-0.1, -0.05) is 6.07 Å². The predicted molar refractivity (Wildman–Crippen MR) is 82.4 cm³/mol. The van der Waals surface area contributed by atoms with E-state index in [0.29, 0.717) is 28.7 Å². The molecule has 1 aliphatic heterocycles. The van der Waals surface area contributed by atoms with Crippen LogP contribution in [0.2, 0.25) is 0 Å². The van der Waals surface area contributed by atoms with Gasteiger partial charge in [0.25, 0.3) is 0 Å². The lowest BCUT2D eigenvalue weighted by Gasteiger charge is -2.39. The zero-order valence-electron chi connectivity index (χ0n) is 12.5. The van der Waals surface area contributed by atoms with E-state index in [1.165, 1.54) is 0 Å². The van der Waals surface area contributed by atoms with Crippen LogP contribution in [0, 0.1) is 0 Å². The van der Waals surface area contributed by atoms with Gasteiger partial charge in [0.2, 0.25) is 12.7 Å². The Kier molecular flexibility index (Phi) is 4.69. The first-order chi connectivity index (χ1) is 11.6. The second-order valence-corrected chi connectivity index (χ2v) is 5.46. The van der Waals surface area contributed by atoms with Crippen molar-refractivity contribution in [1.82, 2.24) is 4.98 Å². The molecule has 1 aliphatic rings. The van der Waals surface area contributed by atoms with E-state index in [1.54, 1.807) is 24.4 Å². The average molecular weight is 338 g/mol. The largest absolute Gasteiger partial charge is 0.461 e. The SMILES string of the molecule is O=CNc1c[nH]c2cccc(O[C@@H]3O[C@H](CO)[C@@H](O)[C@H](O)[C@H]3O)c12. The van der Waals surface area contributed by atoms with Gasteiger partial charge < -0.3 is 40.2 Å². The number of aliphatic hydroxyl groups is 4. The van der Waals surface area contributed by atoms with Gasteiger partial charge in [-0.25, -0.2) is 0 Å². The van der Waals surface area contributed by atoms with E-state index >= 15 is 0 Å². The molecule has 1 fully saturated rings. The number of carbonyl (C=O) groups is 1.